The molecule has 0 radical (unpaired) electrons. The maximum atomic E-state index is 12.9. The Kier molecular flexibility index (Phi) is 49.1. The minimum absolute atomic E-state index is 0.0513. The molecular weight excluding hydrogens is 900 g/mol. The number of phosphoric ester groups is 1. The van der Waals surface area contributed by atoms with Crippen molar-refractivity contribution in [3.05, 3.63) is 134 Å². The van der Waals surface area contributed by atoms with E-state index in [2.05, 4.69) is 141 Å². The number of carbonyl (C=O) groups is 1. The van der Waals surface area contributed by atoms with Crippen LogP contribution in [-0.4, -0.2) is 73.4 Å². The van der Waals surface area contributed by atoms with E-state index in [-0.39, 0.29) is 19.1 Å². The molecule has 0 aromatic rings. The van der Waals surface area contributed by atoms with Crippen LogP contribution < -0.4 is 5.32 Å². The topological polar surface area (TPSA) is 105 Å². The molecule has 71 heavy (non-hydrogen) atoms. The Morgan fingerprint density at radius 3 is 1.24 bits per heavy atom. The molecule has 0 fully saturated rings. The van der Waals surface area contributed by atoms with Crippen LogP contribution in [0.15, 0.2) is 134 Å². The average Bonchev–Trinajstić information content (AvgIpc) is 3.33. The van der Waals surface area contributed by atoms with Crippen LogP contribution in [0, 0.1) is 0 Å². The molecule has 3 N–H and O–H groups in total. The highest BCUT2D eigenvalue weighted by Gasteiger charge is 2.27. The first-order valence-electron chi connectivity index (χ1n) is 28.1. The zero-order valence-corrected chi connectivity index (χ0v) is 46.8. The van der Waals surface area contributed by atoms with Crippen LogP contribution in [0.25, 0.3) is 0 Å². The van der Waals surface area contributed by atoms with Gasteiger partial charge in [-0.2, -0.15) is 0 Å². The molecule has 0 aromatic heterocycles. The van der Waals surface area contributed by atoms with Crippen molar-refractivity contribution in [3.63, 3.8) is 0 Å². The Bertz CT molecular complexity index is 1610. The van der Waals surface area contributed by atoms with Crippen molar-refractivity contribution in [2.75, 3.05) is 40.9 Å². The molecule has 8 nitrogen and oxygen atoms in total. The van der Waals surface area contributed by atoms with E-state index in [1.807, 2.05) is 27.2 Å². The van der Waals surface area contributed by atoms with Crippen molar-refractivity contribution in [3.8, 4) is 0 Å². The number of hydrogen-bond acceptors (Lipinski definition) is 5. The van der Waals surface area contributed by atoms with E-state index in [0.29, 0.717) is 17.4 Å². The third-order valence-electron chi connectivity index (χ3n) is 11.6. The van der Waals surface area contributed by atoms with E-state index in [1.165, 1.54) is 57.8 Å². The molecule has 0 aliphatic heterocycles. The molecule has 404 valence electrons. The summed E-state index contributed by atoms with van der Waals surface area (Å²) >= 11 is 0. The number of unbranched alkanes of at least 4 members (excludes halogenated alkanes) is 16. The lowest BCUT2D eigenvalue weighted by molar-refractivity contribution is -0.870. The van der Waals surface area contributed by atoms with Gasteiger partial charge in [-0.1, -0.05) is 231 Å². The van der Waals surface area contributed by atoms with Crippen molar-refractivity contribution < 1.29 is 32.9 Å². The maximum absolute atomic E-state index is 12.9. The fraction of sp³-hybridized carbons (Fsp3) is 0.629. The highest BCUT2D eigenvalue weighted by Crippen LogP contribution is 2.43. The number of aliphatic hydroxyl groups excluding tert-OH is 1. The smallest absolute Gasteiger partial charge is 0.387 e. The predicted molar refractivity (Wildman–Crippen MR) is 308 cm³/mol. The van der Waals surface area contributed by atoms with Gasteiger partial charge in [-0.05, 0) is 96.3 Å². The van der Waals surface area contributed by atoms with Crippen molar-refractivity contribution in [2.45, 2.75) is 212 Å². The van der Waals surface area contributed by atoms with E-state index >= 15 is 0 Å². The molecule has 0 aromatic carbocycles. The molecule has 3 atom stereocenters. The lowest BCUT2D eigenvalue weighted by atomic mass is 10.1. The summed E-state index contributed by atoms with van der Waals surface area (Å²) in [5.74, 6) is -0.199. The van der Waals surface area contributed by atoms with Crippen molar-refractivity contribution in [1.82, 2.24) is 5.32 Å². The number of hydrogen-bond donors (Lipinski definition) is 3. The number of carbonyl (C=O) groups excluding carboxylic acids is 1. The summed E-state index contributed by atoms with van der Waals surface area (Å²) < 4.78 is 23.6. The van der Waals surface area contributed by atoms with Gasteiger partial charge >= 0.3 is 7.82 Å². The summed E-state index contributed by atoms with van der Waals surface area (Å²) in [6.07, 6.45) is 78.3. The van der Waals surface area contributed by atoms with Crippen molar-refractivity contribution in [1.29, 1.82) is 0 Å². The normalized spacial score (nSPS) is 15.0. The summed E-state index contributed by atoms with van der Waals surface area (Å²) in [6.45, 7) is 4.65. The van der Waals surface area contributed by atoms with Gasteiger partial charge in [0.25, 0.3) is 0 Å². The molecule has 0 aliphatic carbocycles. The Morgan fingerprint density at radius 1 is 0.493 bits per heavy atom. The number of phosphoric acid groups is 1. The molecule has 0 bridgehead atoms. The number of nitrogens with one attached hydrogen (secondary N) is 1. The Hall–Kier alpha value is -3.36. The molecular formula is C62H106N2O6P+. The maximum Gasteiger partial charge on any atom is 0.472 e. The van der Waals surface area contributed by atoms with Gasteiger partial charge in [0.05, 0.1) is 39.9 Å². The zero-order valence-electron chi connectivity index (χ0n) is 45.9. The number of likely N-dealkylation sites (N-methyl/N-ethyl adjacent to an activating group) is 1. The molecule has 0 heterocycles. The third kappa shape index (κ3) is 54.3. The predicted octanol–water partition coefficient (Wildman–Crippen LogP) is 17.1. The van der Waals surface area contributed by atoms with Gasteiger partial charge < -0.3 is 19.8 Å². The third-order valence-corrected chi connectivity index (χ3v) is 12.6. The number of amides is 1. The second-order valence-corrected chi connectivity index (χ2v) is 21.0. The van der Waals surface area contributed by atoms with E-state index < -0.39 is 20.0 Å². The van der Waals surface area contributed by atoms with Gasteiger partial charge in [0.15, 0.2) is 0 Å². The molecule has 3 unspecified atom stereocenters. The molecule has 0 saturated heterocycles. The first-order chi connectivity index (χ1) is 34.5. The zero-order chi connectivity index (χ0) is 52.0. The van der Waals surface area contributed by atoms with Crippen LogP contribution in [0.4, 0.5) is 0 Å². The number of quaternary nitrogens is 1. The van der Waals surface area contributed by atoms with Gasteiger partial charge in [-0.3, -0.25) is 13.8 Å². The lowest BCUT2D eigenvalue weighted by Crippen LogP contribution is -2.45. The molecule has 0 aliphatic rings. The van der Waals surface area contributed by atoms with Crippen LogP contribution in [0.1, 0.15) is 200 Å². The number of nitrogens with zero attached hydrogens (tertiary/aromatic N) is 1. The monoisotopic (exact) mass is 1010 g/mol. The first-order valence-corrected chi connectivity index (χ1v) is 29.6. The van der Waals surface area contributed by atoms with E-state index in [0.717, 1.165) is 122 Å². The molecule has 9 heteroatoms. The second-order valence-electron chi connectivity index (χ2n) is 19.6. The molecule has 0 saturated carbocycles. The Morgan fingerprint density at radius 2 is 0.845 bits per heavy atom. The van der Waals surface area contributed by atoms with Gasteiger partial charge in [-0.25, -0.2) is 4.57 Å². The van der Waals surface area contributed by atoms with Gasteiger partial charge in [-0.15, -0.1) is 0 Å². The fourth-order valence-corrected chi connectivity index (χ4v) is 7.98. The second kappa shape index (κ2) is 51.5. The van der Waals surface area contributed by atoms with Crippen LogP contribution in [-0.2, 0) is 18.4 Å². The average molecular weight is 1010 g/mol. The Labute approximate surface area is 436 Å². The number of aliphatic hydroxyl groups is 1. The summed E-state index contributed by atoms with van der Waals surface area (Å²) in [7, 11) is 1.54. The summed E-state index contributed by atoms with van der Waals surface area (Å²) in [5.41, 5.74) is 0. The highest BCUT2D eigenvalue weighted by atomic mass is 31.2. The standard InChI is InChI=1S/C62H105N2O6P/c1-6-8-10-12-14-16-18-20-21-22-23-24-25-26-27-28-29-30-31-32-33-34-35-36-37-38-39-40-41-42-43-44-46-48-50-52-54-56-62(66)63-60(59-70-71(67,68)69-58-57-64(3,4)5)61(65)55-53-51-49-47-45-19-17-15-13-11-9-7-2/h8,10,14,16,20-21,23-24,26-27,29-30,32-33,35-36,38-39,41-42,53,55,60-61,65H,6-7,9,11-13,15,17-19,22,25,28,31,34,37,40,43-52,54,56-59H2,1-5H3,(H-,63,66,67,68)/p+1/b10-8-,16-14-,21-20-,24-23-,27-26-,30-29-,33-32-,36-35-,39-38-,42-41-,55-53+. The SMILES string of the molecule is CC/C=C\C/C=C\C/C=C\C/C=C\C/C=C\C/C=C\C/C=C\C/C=C\C/C=C\C/C=C\CCCCCCCCC(=O)NC(COP(=O)(O)OCC[N+](C)(C)C)C(O)/C=C/CCCCCCCCCCCC. The van der Waals surface area contributed by atoms with E-state index in [1.54, 1.807) is 6.08 Å². The van der Waals surface area contributed by atoms with Gasteiger partial charge in [0.2, 0.25) is 5.91 Å². The molecule has 0 rings (SSSR count). The first kappa shape index (κ1) is 67.6. The summed E-state index contributed by atoms with van der Waals surface area (Å²) in [6, 6.07) is -0.863. The van der Waals surface area contributed by atoms with E-state index in [9.17, 15) is 19.4 Å². The van der Waals surface area contributed by atoms with Crippen LogP contribution >= 0.6 is 7.82 Å². The van der Waals surface area contributed by atoms with Gasteiger partial charge in [0.1, 0.15) is 13.2 Å². The number of rotatable bonds is 49. The van der Waals surface area contributed by atoms with Crippen LogP contribution in [0.5, 0.6) is 0 Å². The van der Waals surface area contributed by atoms with Gasteiger partial charge in [0, 0.05) is 6.42 Å². The fourth-order valence-electron chi connectivity index (χ4n) is 7.24. The summed E-state index contributed by atoms with van der Waals surface area (Å²) in [5, 5.41) is 13.8. The van der Waals surface area contributed by atoms with Crippen molar-refractivity contribution >= 4 is 13.7 Å². The number of allylic oxidation sites excluding steroid dienone is 21. The Balaban J connectivity index is 4.19. The van der Waals surface area contributed by atoms with Crippen molar-refractivity contribution in [2.24, 2.45) is 0 Å². The highest BCUT2D eigenvalue weighted by molar-refractivity contribution is 7.47. The molecule has 0 spiro atoms. The minimum Gasteiger partial charge on any atom is -0.387 e. The lowest BCUT2D eigenvalue weighted by Gasteiger charge is -2.25. The quantitative estimate of drug-likeness (QED) is 0.0243. The summed E-state index contributed by atoms with van der Waals surface area (Å²) in [4.78, 5) is 23.2. The minimum atomic E-state index is -4.35. The van der Waals surface area contributed by atoms with Crippen LogP contribution in [0.2, 0.25) is 0 Å². The molecule has 1 amide bonds. The largest absolute Gasteiger partial charge is 0.472 e. The van der Waals surface area contributed by atoms with E-state index in [4.69, 9.17) is 9.05 Å². The van der Waals surface area contributed by atoms with Crippen LogP contribution in [0.3, 0.4) is 0 Å².